The van der Waals surface area contributed by atoms with E-state index in [1.165, 1.54) is 0 Å². The number of halogens is 17. The predicted octanol–water partition coefficient (Wildman–Crippen LogP) is 3.38. The van der Waals surface area contributed by atoms with Crippen molar-refractivity contribution in [3.05, 3.63) is 0 Å². The van der Waals surface area contributed by atoms with E-state index in [1.807, 2.05) is 0 Å². The topological polar surface area (TPSA) is 222 Å². The minimum absolute atomic E-state index is 0.209. The Bertz CT molecular complexity index is 1580. The highest BCUT2D eigenvalue weighted by Crippen LogP contribution is 2.64. The summed E-state index contributed by atoms with van der Waals surface area (Å²) in [5, 5.41) is 3.90. The summed E-state index contributed by atoms with van der Waals surface area (Å²) in [6, 6.07) is -2.27. The second-order valence-electron chi connectivity index (χ2n) is 12.8. The highest BCUT2D eigenvalue weighted by Gasteiger charge is 2.96. The van der Waals surface area contributed by atoms with Crippen LogP contribution < -0.4 is 16.8 Å². The first-order valence-corrected chi connectivity index (χ1v) is 19.2. The first-order valence-electron chi connectivity index (χ1n) is 17.8. The van der Waals surface area contributed by atoms with Crippen molar-refractivity contribution in [2.45, 2.75) is 72.3 Å². The smallest absolute Gasteiger partial charge is 0.460 e. The molecule has 1 fully saturated rings. The molecule has 0 aromatic rings. The van der Waals surface area contributed by atoms with Crippen LogP contribution in [0.1, 0.15) is 19.3 Å². The lowest BCUT2D eigenvalue weighted by atomic mass is 9.91. The zero-order valence-corrected chi connectivity index (χ0v) is 33.8. The number of methoxy groups -OCH3 is 1. The number of unbranched alkanes of at least 4 members (excludes halogenated alkanes) is 1. The van der Waals surface area contributed by atoms with Gasteiger partial charge in [0.25, 0.3) is 10.0 Å². The van der Waals surface area contributed by atoms with Crippen molar-refractivity contribution in [1.82, 2.24) is 14.5 Å². The Hall–Kier alpha value is -3.31. The highest BCUT2D eigenvalue weighted by atomic mass is 32.2. The number of nitrogens with one attached hydrogen (secondary N) is 1. The zero-order valence-electron chi connectivity index (χ0n) is 33.0. The number of urea groups is 1. The van der Waals surface area contributed by atoms with Crippen LogP contribution in [0.4, 0.5) is 79.4 Å². The summed E-state index contributed by atoms with van der Waals surface area (Å²) in [5.74, 6) is -53.4. The molecule has 6 N–H and O–H groups in total. The maximum atomic E-state index is 14.1. The van der Waals surface area contributed by atoms with Crippen LogP contribution >= 0.6 is 0 Å². The van der Waals surface area contributed by atoms with Gasteiger partial charge in [-0.15, -0.1) is 0 Å². The molecule has 0 spiro atoms. The summed E-state index contributed by atoms with van der Waals surface area (Å²) in [4.78, 5) is 34.1. The second kappa shape index (κ2) is 24.5. The average Bonchev–Trinajstić information content (AvgIpc) is 3.18. The summed E-state index contributed by atoms with van der Waals surface area (Å²) in [7, 11) is -5.73. The van der Waals surface area contributed by atoms with Crippen LogP contribution in [-0.4, -0.2) is 193 Å². The van der Waals surface area contributed by atoms with Crippen molar-refractivity contribution in [3.63, 3.8) is 0 Å². The molecule has 1 aliphatic heterocycles. The standard InChI is InChI=1S/C17H34N2O8.C13H10F17N3O3S/c1-23-6-7-24-8-9-25-10-11-26-12-13-27-14-16(20)19-15(17(21)22)4-2-3-5-18;14-6(15,8(18,19)10(22,23)12(26,27)28)7(16,17)9(20,21)11(24,25)13(29,30)37(35,36)33-3-1-32(2-4-33)5(31)34/h15H,2-14,18H2,1H3,(H,19,20)(H,21,22);1-4H2,(H2,31,34)/t15-;/m0./s1. The molecule has 380 valence electrons. The molecule has 1 aliphatic rings. The number of carbonyl (C=O) groups is 3. The molecule has 1 heterocycles. The second-order valence-corrected chi connectivity index (χ2v) is 14.8. The van der Waals surface area contributed by atoms with E-state index in [2.05, 4.69) is 5.32 Å². The number of sulfonamides is 1. The summed E-state index contributed by atoms with van der Waals surface area (Å²) in [6.07, 6.45) is -6.19. The van der Waals surface area contributed by atoms with Gasteiger partial charge in [-0.05, 0) is 25.8 Å². The van der Waals surface area contributed by atoms with Crippen molar-refractivity contribution in [1.29, 1.82) is 0 Å². The van der Waals surface area contributed by atoms with Gasteiger partial charge in [-0.25, -0.2) is 18.0 Å². The summed E-state index contributed by atoms with van der Waals surface area (Å²) < 4.78 is 274. The number of hydrogen-bond acceptors (Lipinski definition) is 11. The summed E-state index contributed by atoms with van der Waals surface area (Å²) >= 11 is 0. The first-order chi connectivity index (χ1) is 29.0. The number of piperazine rings is 1. The quantitative estimate of drug-likeness (QED) is 0.0655. The van der Waals surface area contributed by atoms with E-state index in [9.17, 15) is 97.4 Å². The van der Waals surface area contributed by atoms with Gasteiger partial charge >= 0.3 is 59.0 Å². The van der Waals surface area contributed by atoms with E-state index < -0.39 is 111 Å². The minimum atomic E-state index is -8.88. The number of amides is 3. The Morgan fingerprint density at radius 1 is 0.625 bits per heavy atom. The fourth-order valence-electron chi connectivity index (χ4n) is 4.58. The van der Waals surface area contributed by atoms with Crippen molar-refractivity contribution < 1.29 is 126 Å². The van der Waals surface area contributed by atoms with Crippen LogP contribution in [0.3, 0.4) is 0 Å². The summed E-state index contributed by atoms with van der Waals surface area (Å²) in [5.41, 5.74) is 10.1. The largest absolute Gasteiger partial charge is 0.480 e. The molecule has 16 nitrogen and oxygen atoms in total. The third-order valence-corrected chi connectivity index (χ3v) is 10.2. The van der Waals surface area contributed by atoms with Gasteiger partial charge in [0.1, 0.15) is 12.6 Å². The van der Waals surface area contributed by atoms with Crippen LogP contribution in [0.5, 0.6) is 0 Å². The lowest BCUT2D eigenvalue weighted by Gasteiger charge is -2.43. The number of primary amides is 1. The molecule has 34 heteroatoms. The van der Waals surface area contributed by atoms with Crippen molar-refractivity contribution in [2.24, 2.45) is 11.5 Å². The molecule has 1 atom stereocenters. The van der Waals surface area contributed by atoms with E-state index in [1.54, 1.807) is 7.11 Å². The Morgan fingerprint density at radius 3 is 1.39 bits per heavy atom. The number of nitrogens with two attached hydrogens (primary N) is 2. The SMILES string of the molecule is COCCOCCOCCOCCOCC(=O)N[C@@H](CCCCN)C(=O)O.NC(=O)N1CCN(S(=O)(=O)C(F)(F)C(F)(F)C(F)(F)C(F)(F)C(F)(F)C(F)(F)C(F)(F)C(F)(F)F)CC1. The highest BCUT2D eigenvalue weighted by molar-refractivity contribution is 7.90. The van der Waals surface area contributed by atoms with Crippen molar-refractivity contribution in [2.75, 3.05) is 99.3 Å². The zero-order chi connectivity index (χ0) is 50.2. The molecule has 0 unspecified atom stereocenters. The molecule has 64 heavy (non-hydrogen) atoms. The molecule has 0 bridgehead atoms. The maximum absolute atomic E-state index is 14.1. The molecule has 0 radical (unpaired) electrons. The number of ether oxygens (including phenoxy) is 5. The van der Waals surface area contributed by atoms with Gasteiger partial charge < -0.3 is 50.5 Å². The molecule has 0 aromatic carbocycles. The number of carboxylic acids is 1. The number of rotatable bonds is 28. The lowest BCUT2D eigenvalue weighted by molar-refractivity contribution is -0.458. The molecule has 1 saturated heterocycles. The van der Waals surface area contributed by atoms with Crippen molar-refractivity contribution in [3.8, 4) is 0 Å². The minimum Gasteiger partial charge on any atom is -0.480 e. The number of aliphatic carboxylic acids is 1. The molecule has 0 saturated carbocycles. The van der Waals surface area contributed by atoms with Gasteiger partial charge in [0.2, 0.25) is 5.91 Å². The van der Waals surface area contributed by atoms with Gasteiger partial charge in [-0.1, -0.05) is 0 Å². The predicted molar refractivity (Wildman–Crippen MR) is 180 cm³/mol. The fourth-order valence-corrected chi connectivity index (χ4v) is 6.00. The van der Waals surface area contributed by atoms with Gasteiger partial charge in [-0.2, -0.15) is 78.9 Å². The van der Waals surface area contributed by atoms with Gasteiger partial charge in [0, 0.05) is 33.3 Å². The number of nitrogens with zero attached hydrogens (tertiary/aromatic N) is 2. The van der Waals surface area contributed by atoms with E-state index >= 15 is 0 Å². The monoisotopic (exact) mass is 1010 g/mol. The van der Waals surface area contributed by atoms with Gasteiger partial charge in [-0.3, -0.25) is 4.79 Å². The van der Waals surface area contributed by atoms with Crippen LogP contribution in [0, 0.1) is 0 Å². The number of alkyl halides is 17. The molecule has 0 aliphatic carbocycles. The Balaban J connectivity index is 0.00000131. The Kier molecular flexibility index (Phi) is 23.2. The van der Waals surface area contributed by atoms with Crippen molar-refractivity contribution >= 4 is 27.9 Å². The lowest BCUT2D eigenvalue weighted by Crippen LogP contribution is -2.75. The third-order valence-electron chi connectivity index (χ3n) is 8.27. The van der Waals surface area contributed by atoms with Crippen LogP contribution in [0.25, 0.3) is 0 Å². The van der Waals surface area contributed by atoms with E-state index in [0.29, 0.717) is 70.5 Å². The molecule has 1 rings (SSSR count). The third kappa shape index (κ3) is 14.3. The van der Waals surface area contributed by atoms with E-state index in [0.717, 1.165) is 6.42 Å². The number of hydrogen-bond donors (Lipinski definition) is 4. The normalized spacial score (nSPS) is 16.0. The fraction of sp³-hybridized carbons (Fsp3) is 0.900. The molecular formula is C30H44F17N5O11S. The molecule has 0 aromatic heterocycles. The van der Waals surface area contributed by atoms with Gasteiger partial charge in [0.05, 0.1) is 52.9 Å². The number of carbonyl (C=O) groups excluding carboxylic acids is 2. The van der Waals surface area contributed by atoms with Gasteiger partial charge in [0.15, 0.2) is 0 Å². The molecular weight excluding hydrogens is 961 g/mol. The van der Waals surface area contributed by atoms with E-state index in [4.69, 9.17) is 40.3 Å². The van der Waals surface area contributed by atoms with Crippen LogP contribution in [0.15, 0.2) is 0 Å². The maximum Gasteiger partial charge on any atom is 0.460 e. The Labute approximate surface area is 351 Å². The number of carboxylic acid groups (broad SMARTS) is 1. The van der Waals surface area contributed by atoms with E-state index in [-0.39, 0.29) is 13.2 Å². The molecule has 3 amide bonds. The van der Waals surface area contributed by atoms with Crippen LogP contribution in [-0.2, 0) is 43.3 Å². The first kappa shape index (κ1) is 60.7. The summed E-state index contributed by atoms with van der Waals surface area (Å²) in [6.45, 7) is -1.14. The average molecular weight is 1010 g/mol. The Morgan fingerprint density at radius 2 is 1.02 bits per heavy atom. The van der Waals surface area contributed by atoms with Crippen LogP contribution in [0.2, 0.25) is 0 Å².